The van der Waals surface area contributed by atoms with E-state index in [4.69, 9.17) is 0 Å². The summed E-state index contributed by atoms with van der Waals surface area (Å²) in [7, 11) is 0. The highest BCUT2D eigenvalue weighted by Crippen LogP contribution is 2.17. The zero-order valence-electron chi connectivity index (χ0n) is 8.95. The summed E-state index contributed by atoms with van der Waals surface area (Å²) in [6.07, 6.45) is 6.12. The molecule has 0 atom stereocenters. The molecule has 0 saturated heterocycles. The molecule has 0 aliphatic carbocycles. The molecule has 3 heterocycles. The van der Waals surface area contributed by atoms with Crippen LogP contribution >= 0.6 is 0 Å². The van der Waals surface area contributed by atoms with Crippen LogP contribution in [-0.4, -0.2) is 20.7 Å². The average molecular weight is 223 g/mol. The molecule has 0 unspecified atom stereocenters. The zero-order chi connectivity index (χ0) is 11.7. The molecule has 0 aromatic carbocycles. The van der Waals surface area contributed by atoms with Crippen molar-refractivity contribution in [3.8, 4) is 11.5 Å². The lowest BCUT2D eigenvalue weighted by Crippen LogP contribution is -1.92. The maximum Gasteiger partial charge on any atom is 0.163 e. The van der Waals surface area contributed by atoms with E-state index >= 15 is 0 Å². The predicted octanol–water partition coefficient (Wildman–Crippen LogP) is 2.21. The second-order valence-electron chi connectivity index (χ2n) is 3.67. The molecule has 3 rings (SSSR count). The fraction of sp³-hybridized carbons (Fsp3) is 0. The van der Waals surface area contributed by atoms with E-state index in [1.54, 1.807) is 24.5 Å². The van der Waals surface area contributed by atoms with Crippen LogP contribution in [-0.2, 0) is 0 Å². The van der Waals surface area contributed by atoms with Gasteiger partial charge in [-0.25, -0.2) is 4.98 Å². The predicted molar refractivity (Wildman–Crippen MR) is 63.8 cm³/mol. The molecule has 17 heavy (non-hydrogen) atoms. The molecule has 4 heteroatoms. The first kappa shape index (κ1) is 9.72. The normalized spacial score (nSPS) is 10.6. The number of hydrogen-bond acceptors (Lipinski definition) is 3. The summed E-state index contributed by atoms with van der Waals surface area (Å²) in [6.45, 7) is 0. The van der Waals surface area contributed by atoms with E-state index in [9.17, 15) is 4.79 Å². The number of carbonyl (C=O) groups excluding carboxylic acids is 1. The van der Waals surface area contributed by atoms with Crippen molar-refractivity contribution in [1.29, 1.82) is 0 Å². The standard InChI is InChI=1S/C13H9N3O/c17-9-10-4-6-16-11(7-10)8-15-13(16)12-3-1-2-5-14-12/h1-9H. The third kappa shape index (κ3) is 1.59. The second-order valence-corrected chi connectivity index (χ2v) is 3.67. The van der Waals surface area contributed by atoms with Gasteiger partial charge in [-0.1, -0.05) is 6.07 Å². The fourth-order valence-electron chi connectivity index (χ4n) is 1.77. The highest BCUT2D eigenvalue weighted by molar-refractivity contribution is 5.77. The molecule has 0 saturated carbocycles. The third-order valence-corrected chi connectivity index (χ3v) is 2.59. The smallest absolute Gasteiger partial charge is 0.163 e. The highest BCUT2D eigenvalue weighted by atomic mass is 16.1. The first-order chi connectivity index (χ1) is 8.38. The van der Waals surface area contributed by atoms with Crippen LogP contribution in [0.25, 0.3) is 17.0 Å². The van der Waals surface area contributed by atoms with Crippen LogP contribution in [0.1, 0.15) is 10.4 Å². The summed E-state index contributed by atoms with van der Waals surface area (Å²) < 4.78 is 1.91. The van der Waals surface area contributed by atoms with Gasteiger partial charge in [0.05, 0.1) is 11.7 Å². The van der Waals surface area contributed by atoms with E-state index in [1.165, 1.54) is 0 Å². The maximum absolute atomic E-state index is 10.7. The molecule has 3 aromatic rings. The zero-order valence-corrected chi connectivity index (χ0v) is 8.95. The number of pyridine rings is 2. The Bertz CT molecular complexity index is 673. The molecular weight excluding hydrogens is 214 g/mol. The number of aromatic nitrogens is 3. The fourth-order valence-corrected chi connectivity index (χ4v) is 1.77. The van der Waals surface area contributed by atoms with E-state index in [2.05, 4.69) is 9.97 Å². The Kier molecular flexibility index (Phi) is 2.19. The number of hydrogen-bond donors (Lipinski definition) is 0. The molecule has 3 aromatic heterocycles. The van der Waals surface area contributed by atoms with E-state index in [-0.39, 0.29) is 0 Å². The number of rotatable bonds is 2. The summed E-state index contributed by atoms with van der Waals surface area (Å²) in [5.41, 5.74) is 2.34. The van der Waals surface area contributed by atoms with E-state index in [1.807, 2.05) is 28.8 Å². The van der Waals surface area contributed by atoms with Gasteiger partial charge in [0.1, 0.15) is 12.0 Å². The van der Waals surface area contributed by atoms with Gasteiger partial charge < -0.3 is 0 Å². The molecule has 0 aliphatic heterocycles. The monoisotopic (exact) mass is 223 g/mol. The van der Waals surface area contributed by atoms with Crippen molar-refractivity contribution in [1.82, 2.24) is 14.4 Å². The quantitative estimate of drug-likeness (QED) is 0.626. The summed E-state index contributed by atoms with van der Waals surface area (Å²) in [4.78, 5) is 19.3. The Hall–Kier alpha value is -2.49. The minimum Gasteiger partial charge on any atom is -0.298 e. The van der Waals surface area contributed by atoms with Crippen LogP contribution in [0.4, 0.5) is 0 Å². The van der Waals surface area contributed by atoms with E-state index in [0.717, 1.165) is 23.3 Å². The van der Waals surface area contributed by atoms with Gasteiger partial charge in [0, 0.05) is 18.0 Å². The Balaban J connectivity index is 2.22. The molecule has 0 N–H and O–H groups in total. The van der Waals surface area contributed by atoms with Crippen molar-refractivity contribution in [2.24, 2.45) is 0 Å². The molecule has 0 radical (unpaired) electrons. The van der Waals surface area contributed by atoms with Crippen molar-refractivity contribution in [3.05, 3.63) is 54.5 Å². The van der Waals surface area contributed by atoms with Gasteiger partial charge in [0.2, 0.25) is 0 Å². The largest absolute Gasteiger partial charge is 0.298 e. The summed E-state index contributed by atoms with van der Waals surface area (Å²) in [5.74, 6) is 0.776. The van der Waals surface area contributed by atoms with Crippen LogP contribution in [0.5, 0.6) is 0 Å². The Labute approximate surface area is 97.6 Å². The summed E-state index contributed by atoms with van der Waals surface area (Å²) in [5, 5.41) is 0. The van der Waals surface area contributed by atoms with E-state index < -0.39 is 0 Å². The number of aldehydes is 1. The van der Waals surface area contributed by atoms with Gasteiger partial charge in [-0.3, -0.25) is 14.2 Å². The SMILES string of the molecule is O=Cc1ccn2c(-c3ccccn3)ncc2c1. The van der Waals surface area contributed by atoms with Crippen molar-refractivity contribution < 1.29 is 4.79 Å². The number of carbonyl (C=O) groups is 1. The van der Waals surface area contributed by atoms with Gasteiger partial charge in [0.15, 0.2) is 5.82 Å². The first-order valence-electron chi connectivity index (χ1n) is 5.22. The molecule has 0 bridgehead atoms. The summed E-state index contributed by atoms with van der Waals surface area (Å²) >= 11 is 0. The molecule has 0 amide bonds. The van der Waals surface area contributed by atoms with Crippen molar-refractivity contribution in [2.45, 2.75) is 0 Å². The Morgan fingerprint density at radius 2 is 2.12 bits per heavy atom. The molecule has 0 aliphatic rings. The van der Waals surface area contributed by atoms with Gasteiger partial charge in [0.25, 0.3) is 0 Å². The lowest BCUT2D eigenvalue weighted by atomic mass is 10.2. The topological polar surface area (TPSA) is 47.3 Å². The third-order valence-electron chi connectivity index (χ3n) is 2.59. The van der Waals surface area contributed by atoms with Crippen LogP contribution in [0.15, 0.2) is 48.9 Å². The van der Waals surface area contributed by atoms with Crippen LogP contribution < -0.4 is 0 Å². The lowest BCUT2D eigenvalue weighted by Gasteiger charge is -2.00. The number of fused-ring (bicyclic) bond motifs is 1. The van der Waals surface area contributed by atoms with Gasteiger partial charge in [-0.2, -0.15) is 0 Å². The second kappa shape index (κ2) is 3.83. The van der Waals surface area contributed by atoms with Crippen LogP contribution in [0.2, 0.25) is 0 Å². The molecular formula is C13H9N3O. The maximum atomic E-state index is 10.7. The minimum absolute atomic E-state index is 0.643. The van der Waals surface area contributed by atoms with Crippen molar-refractivity contribution >= 4 is 11.8 Å². The van der Waals surface area contributed by atoms with Crippen LogP contribution in [0.3, 0.4) is 0 Å². The van der Waals surface area contributed by atoms with Gasteiger partial charge >= 0.3 is 0 Å². The van der Waals surface area contributed by atoms with Gasteiger partial charge in [-0.05, 0) is 24.3 Å². The molecule has 0 fully saturated rings. The Morgan fingerprint density at radius 3 is 2.88 bits per heavy atom. The average Bonchev–Trinajstić information content (AvgIpc) is 2.82. The first-order valence-corrected chi connectivity index (χ1v) is 5.22. The Morgan fingerprint density at radius 1 is 1.18 bits per heavy atom. The lowest BCUT2D eigenvalue weighted by molar-refractivity contribution is 0.112. The minimum atomic E-state index is 0.643. The van der Waals surface area contributed by atoms with Crippen molar-refractivity contribution in [2.75, 3.05) is 0 Å². The number of nitrogens with zero attached hydrogens (tertiary/aromatic N) is 3. The molecule has 82 valence electrons. The summed E-state index contributed by atoms with van der Waals surface area (Å²) in [6, 6.07) is 9.25. The van der Waals surface area contributed by atoms with Crippen molar-refractivity contribution in [3.63, 3.8) is 0 Å². The van der Waals surface area contributed by atoms with Crippen LogP contribution in [0, 0.1) is 0 Å². The number of imidazole rings is 1. The van der Waals surface area contributed by atoms with E-state index in [0.29, 0.717) is 5.56 Å². The molecule has 4 nitrogen and oxygen atoms in total. The van der Waals surface area contributed by atoms with Gasteiger partial charge in [-0.15, -0.1) is 0 Å². The highest BCUT2D eigenvalue weighted by Gasteiger charge is 2.06. The molecule has 0 spiro atoms.